The van der Waals surface area contributed by atoms with Crippen molar-refractivity contribution in [3.8, 4) is 0 Å². The van der Waals surface area contributed by atoms with Crippen LogP contribution in [0.1, 0.15) is 79.1 Å². The van der Waals surface area contributed by atoms with Gasteiger partial charge in [0.2, 0.25) is 0 Å². The van der Waals surface area contributed by atoms with Crippen LogP contribution in [0.25, 0.3) is 0 Å². The minimum Gasteiger partial charge on any atom is -0.459 e. The van der Waals surface area contributed by atoms with Crippen molar-refractivity contribution >= 4 is 29.8 Å². The van der Waals surface area contributed by atoms with Gasteiger partial charge in [0, 0.05) is 44.9 Å². The lowest BCUT2D eigenvalue weighted by Gasteiger charge is -2.42. The fraction of sp³-hybridized carbons (Fsp3) is 0.571. The highest BCUT2D eigenvalue weighted by atomic mass is 16.6. The van der Waals surface area contributed by atoms with Gasteiger partial charge >= 0.3 is 29.8 Å². The molecule has 2 aliphatic rings. The average molecular weight is 643 g/mol. The number of fused-ring (bicyclic) bond motifs is 1. The number of benzene rings is 1. The molecule has 1 aromatic rings. The zero-order chi connectivity index (χ0) is 34.6. The predicted octanol–water partition coefficient (Wildman–Crippen LogP) is 4.50. The molecule has 1 aromatic carbocycles. The van der Waals surface area contributed by atoms with E-state index in [9.17, 15) is 29.1 Å². The molecular formula is C35H46O11. The second-order valence-corrected chi connectivity index (χ2v) is 13.0. The summed E-state index contributed by atoms with van der Waals surface area (Å²) >= 11 is 0. The van der Waals surface area contributed by atoms with Crippen molar-refractivity contribution in [2.75, 3.05) is 0 Å². The molecule has 0 saturated heterocycles. The Morgan fingerprint density at radius 2 is 1.30 bits per heavy atom. The van der Waals surface area contributed by atoms with E-state index in [1.54, 1.807) is 76.3 Å². The van der Waals surface area contributed by atoms with Gasteiger partial charge in [-0.3, -0.25) is 19.2 Å². The summed E-state index contributed by atoms with van der Waals surface area (Å²) in [5.74, 6) is -5.27. The highest BCUT2D eigenvalue weighted by Crippen LogP contribution is 2.49. The van der Waals surface area contributed by atoms with E-state index in [0.717, 1.165) is 0 Å². The lowest BCUT2D eigenvalue weighted by Crippen LogP contribution is -2.54. The van der Waals surface area contributed by atoms with E-state index in [2.05, 4.69) is 0 Å². The van der Waals surface area contributed by atoms with Crippen LogP contribution in [0.5, 0.6) is 0 Å². The SMILES string of the molecule is CC(=O)O[C@H]1[C@H](OC(C)=O)/C(C)=C\[C@H]2[C@@H](OC(=O)c3ccccc3)[C@@H](C)C[C@]2(O)[C@@H](OC(C)=O)[C@@H](C)/C=C/C(C)(C)[C@@H]1OC(C)=O. The van der Waals surface area contributed by atoms with Crippen LogP contribution < -0.4 is 0 Å². The number of carbonyl (C=O) groups excluding carboxylic acids is 5. The third-order valence-electron chi connectivity index (χ3n) is 8.60. The molecule has 9 atom stereocenters. The van der Waals surface area contributed by atoms with Crippen LogP contribution >= 0.6 is 0 Å². The summed E-state index contributed by atoms with van der Waals surface area (Å²) < 4.78 is 29.2. The summed E-state index contributed by atoms with van der Waals surface area (Å²) in [5.41, 5.74) is -2.15. The first-order valence-electron chi connectivity index (χ1n) is 15.4. The zero-order valence-corrected chi connectivity index (χ0v) is 28.0. The first-order valence-corrected chi connectivity index (χ1v) is 15.4. The van der Waals surface area contributed by atoms with Crippen LogP contribution in [0.2, 0.25) is 0 Å². The van der Waals surface area contributed by atoms with Gasteiger partial charge in [0.15, 0.2) is 18.3 Å². The van der Waals surface area contributed by atoms with Crippen LogP contribution in [0.4, 0.5) is 0 Å². The molecule has 0 spiro atoms. The van der Waals surface area contributed by atoms with E-state index in [4.69, 9.17) is 23.7 Å². The molecule has 46 heavy (non-hydrogen) atoms. The molecule has 1 N–H and O–H groups in total. The third kappa shape index (κ3) is 8.43. The topological polar surface area (TPSA) is 152 Å². The Labute approximate surface area is 270 Å². The van der Waals surface area contributed by atoms with E-state index in [1.165, 1.54) is 27.7 Å². The van der Waals surface area contributed by atoms with Crippen molar-refractivity contribution < 1.29 is 52.8 Å². The largest absolute Gasteiger partial charge is 0.459 e. The van der Waals surface area contributed by atoms with Crippen LogP contribution in [0, 0.1) is 23.2 Å². The number of hydrogen-bond acceptors (Lipinski definition) is 11. The maximum atomic E-state index is 13.3. The predicted molar refractivity (Wildman–Crippen MR) is 166 cm³/mol. The quantitative estimate of drug-likeness (QED) is 0.265. The second kappa shape index (κ2) is 14.6. The molecule has 0 amide bonds. The number of hydrogen-bond donors (Lipinski definition) is 1. The highest BCUT2D eigenvalue weighted by Gasteiger charge is 2.59. The monoisotopic (exact) mass is 642 g/mol. The zero-order valence-electron chi connectivity index (χ0n) is 28.0. The number of carbonyl (C=O) groups is 5. The lowest BCUT2D eigenvalue weighted by atomic mass is 9.74. The molecule has 11 heteroatoms. The minimum atomic E-state index is -1.76. The van der Waals surface area contributed by atoms with Gasteiger partial charge in [0.25, 0.3) is 0 Å². The summed E-state index contributed by atoms with van der Waals surface area (Å²) in [6, 6.07) is 8.40. The molecule has 0 aromatic heterocycles. The smallest absolute Gasteiger partial charge is 0.338 e. The molecule has 11 nitrogen and oxygen atoms in total. The molecule has 1 saturated carbocycles. The second-order valence-electron chi connectivity index (χ2n) is 13.0. The van der Waals surface area contributed by atoms with Crippen molar-refractivity contribution in [1.29, 1.82) is 0 Å². The Hall–Kier alpha value is -3.99. The maximum absolute atomic E-state index is 13.3. The molecule has 0 heterocycles. The fourth-order valence-electron chi connectivity index (χ4n) is 6.62. The Morgan fingerprint density at radius 3 is 1.85 bits per heavy atom. The van der Waals surface area contributed by atoms with E-state index < -0.39 is 89.1 Å². The van der Waals surface area contributed by atoms with Crippen LogP contribution in [0.3, 0.4) is 0 Å². The molecule has 1 fully saturated rings. The Kier molecular flexibility index (Phi) is 11.6. The van der Waals surface area contributed by atoms with Crippen molar-refractivity contribution in [1.82, 2.24) is 0 Å². The van der Waals surface area contributed by atoms with Gasteiger partial charge in [-0.1, -0.05) is 64.1 Å². The normalized spacial score (nSPS) is 34.2. The molecule has 0 aliphatic heterocycles. The number of ether oxygens (including phenoxy) is 5. The van der Waals surface area contributed by atoms with Gasteiger partial charge < -0.3 is 28.8 Å². The van der Waals surface area contributed by atoms with Crippen molar-refractivity contribution in [3.05, 3.63) is 59.7 Å². The van der Waals surface area contributed by atoms with Crippen LogP contribution in [-0.2, 0) is 42.9 Å². The van der Waals surface area contributed by atoms with Gasteiger partial charge in [-0.25, -0.2) is 4.79 Å². The summed E-state index contributed by atoms with van der Waals surface area (Å²) in [4.78, 5) is 63.1. The summed E-state index contributed by atoms with van der Waals surface area (Å²) in [6.45, 7) is 13.6. The van der Waals surface area contributed by atoms with Gasteiger partial charge in [-0.15, -0.1) is 0 Å². The van der Waals surface area contributed by atoms with E-state index in [0.29, 0.717) is 11.1 Å². The Bertz CT molecular complexity index is 1360. The highest BCUT2D eigenvalue weighted by molar-refractivity contribution is 5.89. The maximum Gasteiger partial charge on any atom is 0.338 e. The minimum absolute atomic E-state index is 0.0926. The van der Waals surface area contributed by atoms with E-state index in [1.807, 2.05) is 6.92 Å². The fourth-order valence-corrected chi connectivity index (χ4v) is 6.62. The third-order valence-corrected chi connectivity index (χ3v) is 8.60. The molecule has 0 radical (unpaired) electrons. The number of aliphatic hydroxyl groups is 1. The van der Waals surface area contributed by atoms with Crippen molar-refractivity contribution in [2.45, 2.75) is 105 Å². The van der Waals surface area contributed by atoms with Gasteiger partial charge in [-0.2, -0.15) is 0 Å². The average Bonchev–Trinajstić information content (AvgIpc) is 3.19. The summed E-state index contributed by atoms with van der Waals surface area (Å²) in [5, 5.41) is 12.6. The molecule has 3 rings (SSSR count). The number of rotatable bonds is 6. The lowest BCUT2D eigenvalue weighted by molar-refractivity contribution is -0.188. The Morgan fingerprint density at radius 1 is 0.761 bits per heavy atom. The summed E-state index contributed by atoms with van der Waals surface area (Å²) in [6.07, 6.45) is -0.578. The van der Waals surface area contributed by atoms with Crippen LogP contribution in [0.15, 0.2) is 54.1 Å². The summed E-state index contributed by atoms with van der Waals surface area (Å²) in [7, 11) is 0. The first kappa shape index (κ1) is 36.5. The molecule has 2 aliphatic carbocycles. The van der Waals surface area contributed by atoms with Gasteiger partial charge in [0.1, 0.15) is 17.8 Å². The molecule has 252 valence electrons. The van der Waals surface area contributed by atoms with Crippen LogP contribution in [-0.4, -0.2) is 71.1 Å². The number of esters is 5. The molecular weight excluding hydrogens is 596 g/mol. The molecule has 0 bridgehead atoms. The van der Waals surface area contributed by atoms with Crippen molar-refractivity contribution in [3.63, 3.8) is 0 Å². The van der Waals surface area contributed by atoms with Gasteiger partial charge in [0.05, 0.1) is 5.56 Å². The van der Waals surface area contributed by atoms with Gasteiger partial charge in [-0.05, 0) is 37.0 Å². The standard InChI is InChI=1S/C35H46O11/c1-19-15-16-34(8,9)32(45-25(7)39)30(43-23(5)37)29(42-22(4)36)20(2)17-27-28(46-33(40)26-13-11-10-12-14-26)21(3)18-35(27,41)31(19)44-24(6)38/h10-17,19,21,27-32,41H,18H2,1-9H3/b16-15+,20-17-/t19-,21-,27-,28-,29+,30-,31-,32+,35+/m0/s1. The van der Waals surface area contributed by atoms with E-state index in [-0.39, 0.29) is 6.42 Å². The molecule has 0 unspecified atom stereocenters. The van der Waals surface area contributed by atoms with Crippen molar-refractivity contribution in [2.24, 2.45) is 23.2 Å². The Balaban J connectivity index is 2.33. The first-order chi connectivity index (χ1) is 21.4. The van der Waals surface area contributed by atoms with E-state index >= 15 is 0 Å².